The molecular formula is C13H15B. The van der Waals surface area contributed by atoms with Crippen LogP contribution in [-0.4, -0.2) is 7.28 Å². The van der Waals surface area contributed by atoms with Crippen molar-refractivity contribution in [3.8, 4) is 0 Å². The Labute approximate surface area is 87.0 Å². The summed E-state index contributed by atoms with van der Waals surface area (Å²) in [7, 11) is 0.925. The number of allylic oxidation sites excluding steroid dienone is 9. The quantitative estimate of drug-likeness (QED) is 0.586. The molecule has 0 bridgehead atoms. The summed E-state index contributed by atoms with van der Waals surface area (Å²) in [6, 6.07) is 0. The Morgan fingerprint density at radius 1 is 0.929 bits per heavy atom. The molecule has 0 unspecified atom stereocenters. The summed E-state index contributed by atoms with van der Waals surface area (Å²) in [5.74, 6) is 0. The lowest BCUT2D eigenvalue weighted by Gasteiger charge is -2.01. The van der Waals surface area contributed by atoms with Crippen LogP contribution in [0.3, 0.4) is 0 Å². The first kappa shape index (κ1) is 10.6. The summed E-state index contributed by atoms with van der Waals surface area (Å²) in [4.78, 5) is 0. The molecule has 1 aliphatic rings. The molecule has 0 fully saturated rings. The lowest BCUT2D eigenvalue weighted by atomic mass is 9.65. The number of hydrogen-bond donors (Lipinski definition) is 0. The minimum Gasteiger partial charge on any atom is -0.0996 e. The molecule has 0 N–H and O–H groups in total. The maximum atomic E-state index is 3.83. The molecule has 1 rings (SSSR count). The van der Waals surface area contributed by atoms with Crippen LogP contribution in [0.15, 0.2) is 72.2 Å². The van der Waals surface area contributed by atoms with Gasteiger partial charge in [-0.05, 0) is 18.1 Å². The van der Waals surface area contributed by atoms with Gasteiger partial charge >= 0.3 is 0 Å². The molecular weight excluding hydrogens is 167 g/mol. The molecule has 0 aromatic rings. The second-order valence-electron chi connectivity index (χ2n) is 3.17. The first-order chi connectivity index (χ1) is 6.78. The summed E-state index contributed by atoms with van der Waals surface area (Å²) in [6.07, 6.45) is 9.84. The van der Waals surface area contributed by atoms with Gasteiger partial charge in [0, 0.05) is 0 Å². The predicted octanol–water partition coefficient (Wildman–Crippen LogP) is 3.08. The molecule has 0 amide bonds. The number of rotatable bonds is 4. The van der Waals surface area contributed by atoms with Crippen LogP contribution in [0, 0.1) is 0 Å². The van der Waals surface area contributed by atoms with E-state index in [0.717, 1.165) is 7.28 Å². The zero-order chi connectivity index (χ0) is 10.6. The van der Waals surface area contributed by atoms with Crippen molar-refractivity contribution < 1.29 is 0 Å². The average molecular weight is 182 g/mol. The van der Waals surface area contributed by atoms with Crippen LogP contribution in [0.25, 0.3) is 0 Å². The fourth-order valence-electron chi connectivity index (χ4n) is 1.71. The van der Waals surface area contributed by atoms with Crippen molar-refractivity contribution >= 4 is 7.28 Å². The molecule has 0 spiro atoms. The molecule has 0 saturated heterocycles. The highest BCUT2D eigenvalue weighted by Crippen LogP contribution is 2.29. The first-order valence-corrected chi connectivity index (χ1v) is 4.75. The third-order valence-corrected chi connectivity index (χ3v) is 2.39. The molecule has 1 heteroatoms. The Kier molecular flexibility index (Phi) is 3.52. The second-order valence-corrected chi connectivity index (χ2v) is 3.17. The molecule has 0 aromatic carbocycles. The molecule has 0 saturated carbocycles. The Morgan fingerprint density at radius 2 is 1.50 bits per heavy atom. The Hall–Kier alpha value is -1.50. The van der Waals surface area contributed by atoms with E-state index in [9.17, 15) is 0 Å². The van der Waals surface area contributed by atoms with Crippen LogP contribution in [0.4, 0.5) is 0 Å². The highest BCUT2D eigenvalue weighted by molar-refractivity contribution is 6.58. The number of hydrogen-bond acceptors (Lipinski definition) is 0. The van der Waals surface area contributed by atoms with Crippen molar-refractivity contribution in [2.75, 3.05) is 0 Å². The Balaban J connectivity index is 3.24. The van der Waals surface area contributed by atoms with E-state index in [0.29, 0.717) is 0 Å². The molecule has 0 aromatic heterocycles. The molecule has 1 aliphatic heterocycles. The van der Waals surface area contributed by atoms with Gasteiger partial charge in [-0.15, -0.1) is 0 Å². The van der Waals surface area contributed by atoms with E-state index >= 15 is 0 Å². The maximum absolute atomic E-state index is 3.83. The zero-order valence-corrected chi connectivity index (χ0v) is 8.72. The molecule has 14 heavy (non-hydrogen) atoms. The Bertz CT molecular complexity index is 365. The maximum Gasteiger partial charge on any atom is 0.193 e. The molecule has 1 heterocycles. The van der Waals surface area contributed by atoms with Gasteiger partial charge in [-0.3, -0.25) is 0 Å². The van der Waals surface area contributed by atoms with E-state index in [1.165, 1.54) is 22.1 Å². The summed E-state index contributed by atoms with van der Waals surface area (Å²) in [5, 5.41) is 0. The summed E-state index contributed by atoms with van der Waals surface area (Å²) < 4.78 is 0. The topological polar surface area (TPSA) is 0 Å². The third-order valence-electron chi connectivity index (χ3n) is 2.39. The standard InChI is InChI=1S/C13H15B/c1-5-9-11-10(6-2)12(7-3)14-13(11)8-4/h5-9,14H,2-4H2,1H3/b9-5-. The normalized spacial score (nSPS) is 16.1. The van der Waals surface area contributed by atoms with Crippen molar-refractivity contribution in [1.82, 2.24) is 0 Å². The monoisotopic (exact) mass is 182 g/mol. The van der Waals surface area contributed by atoms with Crippen LogP contribution < -0.4 is 0 Å². The van der Waals surface area contributed by atoms with Gasteiger partial charge < -0.3 is 0 Å². The van der Waals surface area contributed by atoms with E-state index in [1.807, 2.05) is 31.2 Å². The van der Waals surface area contributed by atoms with E-state index in [-0.39, 0.29) is 0 Å². The van der Waals surface area contributed by atoms with Gasteiger partial charge in [0.25, 0.3) is 0 Å². The summed E-state index contributed by atoms with van der Waals surface area (Å²) in [5.41, 5.74) is 4.91. The van der Waals surface area contributed by atoms with E-state index in [2.05, 4.69) is 25.8 Å². The second kappa shape index (κ2) is 4.66. The third kappa shape index (κ3) is 1.72. The largest absolute Gasteiger partial charge is 0.193 e. The van der Waals surface area contributed by atoms with Crippen molar-refractivity contribution in [2.24, 2.45) is 0 Å². The fourth-order valence-corrected chi connectivity index (χ4v) is 1.71. The van der Waals surface area contributed by atoms with Gasteiger partial charge in [0.05, 0.1) is 0 Å². The molecule has 0 atom stereocenters. The van der Waals surface area contributed by atoms with Crippen LogP contribution in [0.5, 0.6) is 0 Å². The van der Waals surface area contributed by atoms with Gasteiger partial charge in [-0.1, -0.05) is 61.1 Å². The molecule has 0 aliphatic carbocycles. The van der Waals surface area contributed by atoms with Crippen molar-refractivity contribution in [2.45, 2.75) is 6.92 Å². The fraction of sp³-hybridized carbons (Fsp3) is 0.0769. The van der Waals surface area contributed by atoms with Crippen LogP contribution >= 0.6 is 0 Å². The molecule has 0 nitrogen and oxygen atoms in total. The van der Waals surface area contributed by atoms with E-state index in [1.54, 1.807) is 0 Å². The molecule has 0 radical (unpaired) electrons. The van der Waals surface area contributed by atoms with Crippen molar-refractivity contribution in [3.63, 3.8) is 0 Å². The van der Waals surface area contributed by atoms with Crippen LogP contribution in [-0.2, 0) is 0 Å². The van der Waals surface area contributed by atoms with Gasteiger partial charge in [0.1, 0.15) is 0 Å². The lowest BCUT2D eigenvalue weighted by Crippen LogP contribution is -1.91. The highest BCUT2D eigenvalue weighted by Gasteiger charge is 2.17. The van der Waals surface area contributed by atoms with Gasteiger partial charge in [-0.2, -0.15) is 0 Å². The van der Waals surface area contributed by atoms with Gasteiger partial charge in [0.2, 0.25) is 0 Å². The van der Waals surface area contributed by atoms with E-state index in [4.69, 9.17) is 0 Å². The van der Waals surface area contributed by atoms with Crippen molar-refractivity contribution in [1.29, 1.82) is 0 Å². The predicted molar refractivity (Wildman–Crippen MR) is 66.6 cm³/mol. The minimum atomic E-state index is 0.925. The van der Waals surface area contributed by atoms with E-state index < -0.39 is 0 Å². The lowest BCUT2D eigenvalue weighted by molar-refractivity contribution is 1.53. The first-order valence-electron chi connectivity index (χ1n) is 4.75. The molecule has 70 valence electrons. The highest BCUT2D eigenvalue weighted by atomic mass is 14.1. The SMILES string of the molecule is C=CC1=C(C=C)C(/C=C\C)=C(C=C)B1. The van der Waals surface area contributed by atoms with Crippen LogP contribution in [0.2, 0.25) is 0 Å². The summed E-state index contributed by atoms with van der Waals surface area (Å²) >= 11 is 0. The van der Waals surface area contributed by atoms with Gasteiger partial charge in [-0.25, -0.2) is 0 Å². The average Bonchev–Trinajstić information content (AvgIpc) is 2.56. The van der Waals surface area contributed by atoms with Gasteiger partial charge in [0.15, 0.2) is 7.28 Å². The minimum absolute atomic E-state index is 0.925. The Morgan fingerprint density at radius 3 is 1.93 bits per heavy atom. The zero-order valence-electron chi connectivity index (χ0n) is 8.72. The van der Waals surface area contributed by atoms with Crippen LogP contribution in [0.1, 0.15) is 6.92 Å². The smallest absolute Gasteiger partial charge is 0.0996 e. The van der Waals surface area contributed by atoms with Crippen molar-refractivity contribution in [3.05, 3.63) is 72.2 Å². The summed E-state index contributed by atoms with van der Waals surface area (Å²) in [6.45, 7) is 13.5.